The van der Waals surface area contributed by atoms with E-state index in [0.717, 1.165) is 7.11 Å². The molecule has 0 aliphatic carbocycles. The summed E-state index contributed by atoms with van der Waals surface area (Å²) in [5.41, 5.74) is 0. The average molecular weight is 179 g/mol. The second-order valence-corrected chi connectivity index (χ2v) is 1.67. The summed E-state index contributed by atoms with van der Waals surface area (Å²) < 4.78 is 49.6. The summed E-state index contributed by atoms with van der Waals surface area (Å²) in [6, 6.07) is -1.82. The third kappa shape index (κ3) is 2.43. The van der Waals surface area contributed by atoms with Gasteiger partial charge in [-0.1, -0.05) is 11.6 Å². The van der Waals surface area contributed by atoms with Crippen LogP contribution >= 0.6 is 11.6 Å². The molecule has 0 fully saturated rings. The van der Waals surface area contributed by atoms with Crippen LogP contribution in [-0.4, -0.2) is 13.3 Å². The highest BCUT2D eigenvalue weighted by Gasteiger charge is 2.36. The molecule has 0 heterocycles. The number of methoxy groups -OCH3 is 1. The highest BCUT2D eigenvalue weighted by Crippen LogP contribution is 2.31. The van der Waals surface area contributed by atoms with Gasteiger partial charge >= 0.3 is 6.18 Å². The molecular formula is C4H3ClF4O. The van der Waals surface area contributed by atoms with Crippen LogP contribution in [0.3, 0.4) is 0 Å². The fourth-order valence-electron chi connectivity index (χ4n) is 0.201. The number of allylic oxidation sites excluding steroid dienone is 1. The van der Waals surface area contributed by atoms with E-state index in [1.807, 2.05) is 0 Å². The second kappa shape index (κ2) is 3.09. The fraction of sp³-hybridized carbons (Fsp3) is 0.500. The molecule has 0 N–H and O–H groups in total. The predicted octanol–water partition coefficient (Wildman–Crippen LogP) is 2.57. The Morgan fingerprint density at radius 2 is 1.80 bits per heavy atom. The molecule has 0 radical (unpaired) electrons. The Morgan fingerprint density at radius 1 is 1.40 bits per heavy atom. The number of ether oxygens (including phenoxy) is 1. The van der Waals surface area contributed by atoms with Gasteiger partial charge in [-0.25, -0.2) is 0 Å². The first kappa shape index (κ1) is 9.55. The molecule has 60 valence electrons. The van der Waals surface area contributed by atoms with Gasteiger partial charge in [-0.15, -0.1) is 0 Å². The molecule has 0 bridgehead atoms. The van der Waals surface area contributed by atoms with Gasteiger partial charge in [-0.2, -0.15) is 17.6 Å². The summed E-state index contributed by atoms with van der Waals surface area (Å²) in [6.45, 7) is 0. The first-order valence-electron chi connectivity index (χ1n) is 2.06. The van der Waals surface area contributed by atoms with E-state index in [0.29, 0.717) is 0 Å². The topological polar surface area (TPSA) is 9.23 Å². The zero-order valence-electron chi connectivity index (χ0n) is 4.80. The lowest BCUT2D eigenvalue weighted by molar-refractivity contribution is -0.0895. The Kier molecular flexibility index (Phi) is 2.96. The van der Waals surface area contributed by atoms with Crippen LogP contribution in [0, 0.1) is 0 Å². The SMILES string of the molecule is CO/C(F)=C(\Cl)C(F)(F)F. The van der Waals surface area contributed by atoms with E-state index in [1.165, 1.54) is 0 Å². The number of rotatable bonds is 1. The average Bonchev–Trinajstić information content (AvgIpc) is 1.83. The maximum atomic E-state index is 11.8. The summed E-state index contributed by atoms with van der Waals surface area (Å²) in [5.74, 6) is 0. The van der Waals surface area contributed by atoms with Gasteiger partial charge < -0.3 is 4.74 Å². The summed E-state index contributed by atoms with van der Waals surface area (Å²) >= 11 is 4.46. The van der Waals surface area contributed by atoms with E-state index >= 15 is 0 Å². The van der Waals surface area contributed by atoms with Gasteiger partial charge in [0.2, 0.25) is 0 Å². The van der Waals surface area contributed by atoms with Crippen molar-refractivity contribution in [3.05, 3.63) is 11.0 Å². The molecule has 0 spiro atoms. The molecule has 0 atom stereocenters. The summed E-state index contributed by atoms with van der Waals surface area (Å²) in [6.07, 6.45) is -4.87. The van der Waals surface area contributed by atoms with Crippen molar-refractivity contribution in [1.82, 2.24) is 0 Å². The van der Waals surface area contributed by atoms with Crippen LogP contribution in [-0.2, 0) is 4.74 Å². The van der Waals surface area contributed by atoms with Crippen molar-refractivity contribution in [2.24, 2.45) is 0 Å². The standard InChI is InChI=1S/C4H3ClF4O/c1-10-3(6)2(5)4(7,8)9/h1H3/b3-2-. The van der Waals surface area contributed by atoms with E-state index in [-0.39, 0.29) is 0 Å². The molecule has 0 aromatic rings. The minimum Gasteiger partial charge on any atom is -0.473 e. The van der Waals surface area contributed by atoms with E-state index in [2.05, 4.69) is 16.3 Å². The van der Waals surface area contributed by atoms with Crippen molar-refractivity contribution >= 4 is 11.6 Å². The lowest BCUT2D eigenvalue weighted by Crippen LogP contribution is -2.09. The Morgan fingerprint density at radius 3 is 1.90 bits per heavy atom. The third-order valence-electron chi connectivity index (χ3n) is 0.601. The Bertz CT molecular complexity index is 150. The van der Waals surface area contributed by atoms with E-state index in [4.69, 9.17) is 0 Å². The lowest BCUT2D eigenvalue weighted by atomic mass is 10.6. The van der Waals surface area contributed by atoms with Crippen LogP contribution < -0.4 is 0 Å². The van der Waals surface area contributed by atoms with Crippen molar-refractivity contribution in [2.45, 2.75) is 6.18 Å². The molecular weight excluding hydrogens is 175 g/mol. The molecule has 0 aliphatic rings. The predicted molar refractivity (Wildman–Crippen MR) is 27.1 cm³/mol. The van der Waals surface area contributed by atoms with Gasteiger partial charge in [0.15, 0.2) is 5.03 Å². The summed E-state index contributed by atoms with van der Waals surface area (Å²) in [4.78, 5) is 0. The van der Waals surface area contributed by atoms with E-state index < -0.39 is 17.2 Å². The van der Waals surface area contributed by atoms with Gasteiger partial charge in [-0.3, -0.25) is 0 Å². The Balaban J connectivity index is 4.47. The minimum atomic E-state index is -4.87. The van der Waals surface area contributed by atoms with Gasteiger partial charge in [0.1, 0.15) is 0 Å². The highest BCUT2D eigenvalue weighted by atomic mass is 35.5. The van der Waals surface area contributed by atoms with Crippen LogP contribution in [0.2, 0.25) is 0 Å². The van der Waals surface area contributed by atoms with Crippen molar-refractivity contribution in [1.29, 1.82) is 0 Å². The number of halogens is 5. The van der Waals surface area contributed by atoms with Crippen LogP contribution in [0.5, 0.6) is 0 Å². The molecule has 10 heavy (non-hydrogen) atoms. The van der Waals surface area contributed by atoms with Crippen LogP contribution in [0.15, 0.2) is 11.0 Å². The summed E-state index contributed by atoms with van der Waals surface area (Å²) in [7, 11) is 0.753. The van der Waals surface area contributed by atoms with Crippen molar-refractivity contribution in [3.8, 4) is 0 Å². The highest BCUT2D eigenvalue weighted by molar-refractivity contribution is 6.30. The smallest absolute Gasteiger partial charge is 0.432 e. The maximum Gasteiger partial charge on any atom is 0.432 e. The van der Waals surface area contributed by atoms with Gasteiger partial charge in [0.25, 0.3) is 6.01 Å². The van der Waals surface area contributed by atoms with Crippen molar-refractivity contribution < 1.29 is 22.3 Å². The largest absolute Gasteiger partial charge is 0.473 e. The van der Waals surface area contributed by atoms with E-state index in [1.54, 1.807) is 0 Å². The van der Waals surface area contributed by atoms with E-state index in [9.17, 15) is 17.6 Å². The molecule has 6 heteroatoms. The normalized spacial score (nSPS) is 14.6. The van der Waals surface area contributed by atoms with Crippen molar-refractivity contribution in [3.63, 3.8) is 0 Å². The minimum absolute atomic E-state index is 0.753. The molecule has 0 saturated heterocycles. The van der Waals surface area contributed by atoms with Gasteiger partial charge in [-0.05, 0) is 0 Å². The second-order valence-electron chi connectivity index (χ2n) is 1.29. The zero-order valence-corrected chi connectivity index (χ0v) is 5.55. The van der Waals surface area contributed by atoms with Crippen molar-refractivity contribution in [2.75, 3.05) is 7.11 Å². The molecule has 0 rings (SSSR count). The molecule has 0 saturated carbocycles. The lowest BCUT2D eigenvalue weighted by Gasteiger charge is -2.04. The maximum absolute atomic E-state index is 11.8. The van der Waals surface area contributed by atoms with Crippen LogP contribution in [0.1, 0.15) is 0 Å². The molecule has 0 unspecified atom stereocenters. The van der Waals surface area contributed by atoms with Crippen LogP contribution in [0.4, 0.5) is 17.6 Å². The molecule has 0 aromatic heterocycles. The quantitative estimate of drug-likeness (QED) is 0.443. The Hall–Kier alpha value is -0.450. The first-order valence-corrected chi connectivity index (χ1v) is 2.44. The zero-order chi connectivity index (χ0) is 8.36. The molecule has 1 nitrogen and oxygen atoms in total. The monoisotopic (exact) mass is 178 g/mol. The fourth-order valence-corrected chi connectivity index (χ4v) is 0.278. The third-order valence-corrected chi connectivity index (χ3v) is 0.964. The van der Waals surface area contributed by atoms with Crippen LogP contribution in [0.25, 0.3) is 0 Å². The van der Waals surface area contributed by atoms with Gasteiger partial charge in [0, 0.05) is 0 Å². The van der Waals surface area contributed by atoms with Gasteiger partial charge in [0.05, 0.1) is 7.11 Å². The number of hydrogen-bond acceptors (Lipinski definition) is 1. The number of hydrogen-bond donors (Lipinski definition) is 0. The summed E-state index contributed by atoms with van der Waals surface area (Å²) in [5, 5.41) is -1.88. The molecule has 0 aliphatic heterocycles. The molecule has 0 amide bonds. The number of alkyl halides is 3. The Labute approximate surface area is 59.2 Å². The first-order chi connectivity index (χ1) is 4.39. The molecule has 0 aromatic carbocycles.